The Bertz CT molecular complexity index is 645. The summed E-state index contributed by atoms with van der Waals surface area (Å²) in [5.74, 6) is 0.850. The second-order valence-electron chi connectivity index (χ2n) is 5.18. The summed E-state index contributed by atoms with van der Waals surface area (Å²) in [7, 11) is 0. The molecular formula is C17H24ClIN4S. The Morgan fingerprint density at radius 1 is 1.29 bits per heavy atom. The lowest BCUT2D eigenvalue weighted by atomic mass is 10.1. The number of rotatable bonds is 7. The third-order valence-electron chi connectivity index (χ3n) is 3.20. The molecule has 1 aromatic carbocycles. The number of nitrogens with zero attached hydrogens (tertiary/aromatic N) is 2. The highest BCUT2D eigenvalue weighted by molar-refractivity contribution is 14.0. The molecule has 24 heavy (non-hydrogen) atoms. The molecule has 132 valence electrons. The van der Waals surface area contributed by atoms with Gasteiger partial charge in [-0.2, -0.15) is 0 Å². The zero-order valence-electron chi connectivity index (χ0n) is 14.0. The number of nitrogens with one attached hydrogen (secondary N) is 2. The fourth-order valence-electron chi connectivity index (χ4n) is 2.14. The van der Waals surface area contributed by atoms with Crippen LogP contribution in [-0.4, -0.2) is 30.6 Å². The van der Waals surface area contributed by atoms with E-state index < -0.39 is 0 Å². The molecule has 2 rings (SSSR count). The van der Waals surface area contributed by atoms with Crippen molar-refractivity contribution in [1.29, 1.82) is 0 Å². The minimum atomic E-state index is 0. The normalized spacial score (nSPS) is 11.0. The van der Waals surface area contributed by atoms with Gasteiger partial charge in [-0.1, -0.05) is 23.7 Å². The van der Waals surface area contributed by atoms with Crippen molar-refractivity contribution in [2.24, 2.45) is 4.99 Å². The van der Waals surface area contributed by atoms with Crippen LogP contribution >= 0.6 is 46.9 Å². The highest BCUT2D eigenvalue weighted by Crippen LogP contribution is 2.12. The third kappa shape index (κ3) is 7.81. The molecule has 7 heteroatoms. The molecule has 0 saturated heterocycles. The van der Waals surface area contributed by atoms with Crippen molar-refractivity contribution in [1.82, 2.24) is 15.6 Å². The Labute approximate surface area is 170 Å². The minimum absolute atomic E-state index is 0. The molecule has 0 amide bonds. The molecule has 0 unspecified atom stereocenters. The maximum atomic E-state index is 6.00. The van der Waals surface area contributed by atoms with Gasteiger partial charge in [-0.15, -0.1) is 35.3 Å². The van der Waals surface area contributed by atoms with Gasteiger partial charge in [0.1, 0.15) is 0 Å². The first-order chi connectivity index (χ1) is 11.2. The summed E-state index contributed by atoms with van der Waals surface area (Å²) in [6.07, 6.45) is 3.71. The van der Waals surface area contributed by atoms with Crippen LogP contribution in [0.2, 0.25) is 5.02 Å². The van der Waals surface area contributed by atoms with Gasteiger partial charge in [0.05, 0.1) is 5.01 Å². The van der Waals surface area contributed by atoms with E-state index in [0.29, 0.717) is 0 Å². The van der Waals surface area contributed by atoms with Crippen molar-refractivity contribution >= 4 is 52.9 Å². The third-order valence-corrected chi connectivity index (χ3v) is 4.41. The Kier molecular flexibility index (Phi) is 10.3. The van der Waals surface area contributed by atoms with Gasteiger partial charge in [-0.05, 0) is 38.0 Å². The van der Waals surface area contributed by atoms with E-state index in [9.17, 15) is 0 Å². The summed E-state index contributed by atoms with van der Waals surface area (Å²) in [6.45, 7) is 6.55. The largest absolute Gasteiger partial charge is 0.357 e. The smallest absolute Gasteiger partial charge is 0.191 e. The van der Waals surface area contributed by atoms with Crippen molar-refractivity contribution in [3.05, 3.63) is 50.9 Å². The molecule has 2 aromatic rings. The summed E-state index contributed by atoms with van der Waals surface area (Å²) < 4.78 is 0. The average molecular weight is 479 g/mol. The van der Waals surface area contributed by atoms with E-state index in [1.54, 1.807) is 11.3 Å². The van der Waals surface area contributed by atoms with Crippen LogP contribution < -0.4 is 10.6 Å². The lowest BCUT2D eigenvalue weighted by Gasteiger charge is -2.11. The van der Waals surface area contributed by atoms with Crippen molar-refractivity contribution < 1.29 is 0 Å². The summed E-state index contributed by atoms with van der Waals surface area (Å²) in [4.78, 5) is 10.2. The highest BCUT2D eigenvalue weighted by Gasteiger charge is 2.01. The van der Waals surface area contributed by atoms with Crippen LogP contribution in [0, 0.1) is 6.92 Å². The zero-order chi connectivity index (χ0) is 16.5. The van der Waals surface area contributed by atoms with E-state index in [2.05, 4.69) is 40.5 Å². The fraction of sp³-hybridized carbons (Fsp3) is 0.412. The second-order valence-corrected chi connectivity index (χ2v) is 6.94. The lowest BCUT2D eigenvalue weighted by Crippen LogP contribution is -2.38. The predicted molar refractivity (Wildman–Crippen MR) is 115 cm³/mol. The Morgan fingerprint density at radius 2 is 2.12 bits per heavy atom. The van der Waals surface area contributed by atoms with Gasteiger partial charge in [0, 0.05) is 42.2 Å². The molecule has 1 heterocycles. The van der Waals surface area contributed by atoms with Crippen LogP contribution in [-0.2, 0) is 12.8 Å². The average Bonchev–Trinajstić information content (AvgIpc) is 2.93. The van der Waals surface area contributed by atoms with Crippen LogP contribution in [0.1, 0.15) is 22.4 Å². The Balaban J connectivity index is 0.00000288. The number of halogens is 2. The fourth-order valence-corrected chi connectivity index (χ4v) is 3.13. The SMILES string of the molecule is CCNC(=NCCc1ncc(C)s1)NCCc1cccc(Cl)c1.I. The lowest BCUT2D eigenvalue weighted by molar-refractivity contribution is 0.796. The summed E-state index contributed by atoms with van der Waals surface area (Å²) in [6, 6.07) is 7.96. The number of aryl methyl sites for hydroxylation is 1. The molecule has 0 atom stereocenters. The quantitative estimate of drug-likeness (QED) is 0.358. The molecule has 2 N–H and O–H groups in total. The molecule has 0 aliphatic heterocycles. The predicted octanol–water partition coefficient (Wildman–Crippen LogP) is 4.06. The second kappa shape index (κ2) is 11.7. The van der Waals surface area contributed by atoms with E-state index in [4.69, 9.17) is 11.6 Å². The van der Waals surface area contributed by atoms with E-state index in [1.165, 1.54) is 10.4 Å². The molecule has 0 aliphatic rings. The number of hydrogen-bond acceptors (Lipinski definition) is 3. The maximum Gasteiger partial charge on any atom is 0.191 e. The number of benzene rings is 1. The Morgan fingerprint density at radius 3 is 2.79 bits per heavy atom. The van der Waals surface area contributed by atoms with Gasteiger partial charge in [0.2, 0.25) is 0 Å². The molecule has 0 aliphatic carbocycles. The summed E-state index contributed by atoms with van der Waals surface area (Å²) >= 11 is 7.74. The molecule has 0 radical (unpaired) electrons. The number of hydrogen-bond donors (Lipinski definition) is 2. The molecule has 0 spiro atoms. The molecular weight excluding hydrogens is 455 g/mol. The van der Waals surface area contributed by atoms with Gasteiger partial charge in [-0.3, -0.25) is 4.99 Å². The standard InChI is InChI=1S/C17H23ClN4S.HI/c1-3-19-17(21-10-8-16-22-12-13(2)23-16)20-9-7-14-5-4-6-15(18)11-14;/h4-6,11-12H,3,7-10H2,1-2H3,(H2,19,20,21);1H. The molecule has 4 nitrogen and oxygen atoms in total. The van der Waals surface area contributed by atoms with Crippen LogP contribution in [0.3, 0.4) is 0 Å². The highest BCUT2D eigenvalue weighted by atomic mass is 127. The van der Waals surface area contributed by atoms with Crippen LogP contribution in [0.25, 0.3) is 0 Å². The van der Waals surface area contributed by atoms with Crippen molar-refractivity contribution in [3.63, 3.8) is 0 Å². The first kappa shape index (κ1) is 21.2. The molecule has 0 saturated carbocycles. The monoisotopic (exact) mass is 478 g/mol. The summed E-state index contributed by atoms with van der Waals surface area (Å²) in [5, 5.41) is 8.55. The van der Waals surface area contributed by atoms with Crippen LogP contribution in [0.4, 0.5) is 0 Å². The first-order valence-electron chi connectivity index (χ1n) is 7.85. The van der Waals surface area contributed by atoms with E-state index >= 15 is 0 Å². The number of guanidine groups is 1. The van der Waals surface area contributed by atoms with Gasteiger partial charge in [0.25, 0.3) is 0 Å². The van der Waals surface area contributed by atoms with Crippen molar-refractivity contribution in [3.8, 4) is 0 Å². The van der Waals surface area contributed by atoms with E-state index in [-0.39, 0.29) is 24.0 Å². The number of aliphatic imine (C=N–C) groups is 1. The maximum absolute atomic E-state index is 6.00. The number of thiazole rings is 1. The van der Waals surface area contributed by atoms with Gasteiger partial charge in [0.15, 0.2) is 5.96 Å². The zero-order valence-corrected chi connectivity index (χ0v) is 17.9. The van der Waals surface area contributed by atoms with E-state index in [0.717, 1.165) is 48.5 Å². The molecule has 0 bridgehead atoms. The number of aromatic nitrogens is 1. The van der Waals surface area contributed by atoms with Crippen molar-refractivity contribution in [2.75, 3.05) is 19.6 Å². The van der Waals surface area contributed by atoms with E-state index in [1.807, 2.05) is 24.4 Å². The first-order valence-corrected chi connectivity index (χ1v) is 9.04. The topological polar surface area (TPSA) is 49.3 Å². The Hall–Kier alpha value is -0.860. The van der Waals surface area contributed by atoms with Gasteiger partial charge >= 0.3 is 0 Å². The molecule has 0 fully saturated rings. The van der Waals surface area contributed by atoms with Crippen molar-refractivity contribution in [2.45, 2.75) is 26.7 Å². The summed E-state index contributed by atoms with van der Waals surface area (Å²) in [5.41, 5.74) is 1.22. The van der Waals surface area contributed by atoms with Gasteiger partial charge in [-0.25, -0.2) is 4.98 Å². The van der Waals surface area contributed by atoms with Gasteiger partial charge < -0.3 is 10.6 Å². The van der Waals surface area contributed by atoms with Crippen LogP contribution in [0.15, 0.2) is 35.5 Å². The minimum Gasteiger partial charge on any atom is -0.357 e. The molecule has 1 aromatic heterocycles. The van der Waals surface area contributed by atoms with Crippen LogP contribution in [0.5, 0.6) is 0 Å².